The highest BCUT2D eigenvalue weighted by molar-refractivity contribution is 6.30. The molecule has 0 spiro atoms. The van der Waals surface area contributed by atoms with Gasteiger partial charge in [0.2, 0.25) is 11.8 Å². The monoisotopic (exact) mass is 471 g/mol. The Hall–Kier alpha value is -3.17. The lowest BCUT2D eigenvalue weighted by atomic mass is 9.83. The summed E-state index contributed by atoms with van der Waals surface area (Å²) < 4.78 is 5.40. The van der Waals surface area contributed by atoms with Crippen molar-refractivity contribution in [2.75, 3.05) is 35.7 Å². The van der Waals surface area contributed by atoms with Crippen LogP contribution in [0.2, 0.25) is 5.02 Å². The number of hydrogen-bond donors (Lipinski definition) is 2. The standard InChI is InChI=1S/C23H26ClN5O4/c1-23(2)13-29(21(23)31)16-7-5-15(6-8-16)26-20(30)18-10-17(33-3)12-28(18)22(32)27-19-9-4-14(24)11-25-19/h4-9,11,17-18H,10,12-13H2,1-3H3,(H,26,30)(H,25,27,32)/t17-,18-/m1/s1. The van der Waals surface area contributed by atoms with E-state index in [4.69, 9.17) is 16.3 Å². The van der Waals surface area contributed by atoms with Gasteiger partial charge in [0.25, 0.3) is 0 Å². The lowest BCUT2D eigenvalue weighted by molar-refractivity contribution is -0.132. The van der Waals surface area contributed by atoms with Crippen LogP contribution in [0.25, 0.3) is 0 Å². The molecular weight excluding hydrogens is 446 g/mol. The van der Waals surface area contributed by atoms with Crippen molar-refractivity contribution in [1.82, 2.24) is 9.88 Å². The molecule has 0 aliphatic carbocycles. The number of anilines is 3. The molecule has 2 fully saturated rings. The molecule has 2 aliphatic rings. The highest BCUT2D eigenvalue weighted by Crippen LogP contribution is 2.35. The second kappa shape index (κ2) is 8.99. The number of likely N-dealkylation sites (tertiary alicyclic amines) is 1. The second-order valence-corrected chi connectivity index (χ2v) is 9.30. The third-order valence-corrected chi connectivity index (χ3v) is 6.17. The van der Waals surface area contributed by atoms with Crippen LogP contribution in [0, 0.1) is 5.41 Å². The van der Waals surface area contributed by atoms with E-state index >= 15 is 0 Å². The smallest absolute Gasteiger partial charge is 0.323 e. The van der Waals surface area contributed by atoms with Gasteiger partial charge in [0.15, 0.2) is 0 Å². The van der Waals surface area contributed by atoms with Crippen molar-refractivity contribution in [1.29, 1.82) is 0 Å². The Labute approximate surface area is 197 Å². The zero-order valence-electron chi connectivity index (χ0n) is 18.7. The number of rotatable bonds is 5. The molecule has 2 saturated heterocycles. The van der Waals surface area contributed by atoms with Gasteiger partial charge in [-0.25, -0.2) is 9.78 Å². The molecule has 4 amide bonds. The predicted molar refractivity (Wildman–Crippen MR) is 125 cm³/mol. The van der Waals surface area contributed by atoms with Gasteiger partial charge in [-0.2, -0.15) is 0 Å². The Kier molecular flexibility index (Phi) is 6.27. The van der Waals surface area contributed by atoms with Gasteiger partial charge in [-0.1, -0.05) is 11.6 Å². The Balaban J connectivity index is 1.41. The number of pyridine rings is 1. The van der Waals surface area contributed by atoms with Crippen molar-refractivity contribution in [3.05, 3.63) is 47.6 Å². The van der Waals surface area contributed by atoms with Crippen LogP contribution in [0.15, 0.2) is 42.6 Å². The zero-order chi connectivity index (χ0) is 23.8. The van der Waals surface area contributed by atoms with E-state index in [9.17, 15) is 14.4 Å². The maximum Gasteiger partial charge on any atom is 0.323 e. The van der Waals surface area contributed by atoms with Crippen LogP contribution in [0.1, 0.15) is 20.3 Å². The number of nitrogens with zero attached hydrogens (tertiary/aromatic N) is 3. The summed E-state index contributed by atoms with van der Waals surface area (Å²) in [7, 11) is 1.55. The second-order valence-electron chi connectivity index (χ2n) is 8.86. The van der Waals surface area contributed by atoms with Crippen molar-refractivity contribution in [3.63, 3.8) is 0 Å². The third kappa shape index (κ3) is 4.79. The molecule has 0 unspecified atom stereocenters. The molecule has 4 rings (SSSR count). The minimum atomic E-state index is -0.709. The zero-order valence-corrected chi connectivity index (χ0v) is 19.4. The van der Waals surface area contributed by atoms with Crippen LogP contribution in [0.4, 0.5) is 22.0 Å². The lowest BCUT2D eigenvalue weighted by Gasteiger charge is -2.44. The van der Waals surface area contributed by atoms with Gasteiger partial charge in [0, 0.05) is 44.2 Å². The van der Waals surface area contributed by atoms with Gasteiger partial charge in [-0.3, -0.25) is 14.9 Å². The summed E-state index contributed by atoms with van der Waals surface area (Å²) in [4.78, 5) is 45.3. The number of carbonyl (C=O) groups excluding carboxylic acids is 3. The number of ether oxygens (including phenoxy) is 1. The number of urea groups is 1. The van der Waals surface area contributed by atoms with E-state index in [-0.39, 0.29) is 29.9 Å². The van der Waals surface area contributed by atoms with Crippen LogP contribution in [0.5, 0.6) is 0 Å². The Morgan fingerprint density at radius 1 is 1.15 bits per heavy atom. The van der Waals surface area contributed by atoms with Gasteiger partial charge in [0.1, 0.15) is 11.9 Å². The number of aromatic nitrogens is 1. The van der Waals surface area contributed by atoms with Crippen LogP contribution in [-0.2, 0) is 14.3 Å². The van der Waals surface area contributed by atoms with Gasteiger partial charge < -0.3 is 19.9 Å². The number of halogens is 1. The lowest BCUT2D eigenvalue weighted by Crippen LogP contribution is -2.58. The fourth-order valence-electron chi connectivity index (χ4n) is 4.04. The van der Waals surface area contributed by atoms with E-state index in [1.165, 1.54) is 11.1 Å². The highest BCUT2D eigenvalue weighted by Gasteiger charge is 2.45. The molecular formula is C23H26ClN5O4. The Morgan fingerprint density at radius 2 is 1.88 bits per heavy atom. The van der Waals surface area contributed by atoms with Crippen LogP contribution in [0.3, 0.4) is 0 Å². The summed E-state index contributed by atoms with van der Waals surface area (Å²) in [5.41, 5.74) is 1.03. The van der Waals surface area contributed by atoms with E-state index in [1.54, 1.807) is 48.4 Å². The third-order valence-electron chi connectivity index (χ3n) is 5.95. The Bertz CT molecular complexity index is 1060. The molecule has 174 valence electrons. The number of carbonyl (C=O) groups is 3. The first-order valence-electron chi connectivity index (χ1n) is 10.6. The number of amides is 4. The number of β-lactam (4-membered cyclic amide) rings is 1. The maximum absolute atomic E-state index is 13.0. The van der Waals surface area contributed by atoms with Crippen LogP contribution >= 0.6 is 11.6 Å². The molecule has 9 nitrogen and oxygen atoms in total. The fourth-order valence-corrected chi connectivity index (χ4v) is 4.15. The molecule has 2 aliphatic heterocycles. The van der Waals surface area contributed by atoms with Crippen molar-refractivity contribution < 1.29 is 19.1 Å². The van der Waals surface area contributed by atoms with Crippen LogP contribution < -0.4 is 15.5 Å². The average molecular weight is 472 g/mol. The van der Waals surface area contributed by atoms with Crippen molar-refractivity contribution in [3.8, 4) is 0 Å². The maximum atomic E-state index is 13.0. The summed E-state index contributed by atoms with van der Waals surface area (Å²) >= 11 is 5.84. The quantitative estimate of drug-likeness (QED) is 0.651. The summed E-state index contributed by atoms with van der Waals surface area (Å²) in [6.45, 7) is 4.77. The summed E-state index contributed by atoms with van der Waals surface area (Å²) in [6, 6.07) is 9.14. The largest absolute Gasteiger partial charge is 0.380 e. The predicted octanol–water partition coefficient (Wildman–Crippen LogP) is 3.37. The number of nitrogens with one attached hydrogen (secondary N) is 2. The molecule has 3 heterocycles. The molecule has 1 aromatic heterocycles. The van der Waals surface area contributed by atoms with Gasteiger partial charge in [-0.15, -0.1) is 0 Å². The normalized spacial score (nSPS) is 21.5. The molecule has 10 heteroatoms. The summed E-state index contributed by atoms with van der Waals surface area (Å²) in [5.74, 6) is 0.0964. The van der Waals surface area contributed by atoms with E-state index in [0.717, 1.165) is 5.69 Å². The summed E-state index contributed by atoms with van der Waals surface area (Å²) in [5, 5.41) is 6.01. The van der Waals surface area contributed by atoms with Crippen molar-refractivity contribution in [2.45, 2.75) is 32.4 Å². The minimum Gasteiger partial charge on any atom is -0.380 e. The molecule has 2 N–H and O–H groups in total. The molecule has 33 heavy (non-hydrogen) atoms. The Morgan fingerprint density at radius 3 is 2.45 bits per heavy atom. The highest BCUT2D eigenvalue weighted by atomic mass is 35.5. The molecule has 2 atom stereocenters. The van der Waals surface area contributed by atoms with E-state index < -0.39 is 12.1 Å². The SMILES string of the molecule is CO[C@@H]1C[C@H](C(=O)Nc2ccc(N3CC(C)(C)C3=O)cc2)N(C(=O)Nc2ccc(Cl)cn2)C1. The number of methoxy groups -OCH3 is 1. The van der Waals surface area contributed by atoms with E-state index in [2.05, 4.69) is 15.6 Å². The number of hydrogen-bond acceptors (Lipinski definition) is 5. The summed E-state index contributed by atoms with van der Waals surface area (Å²) in [6.07, 6.45) is 1.55. The van der Waals surface area contributed by atoms with Crippen molar-refractivity contribution in [2.24, 2.45) is 5.41 Å². The molecule has 1 aromatic carbocycles. The fraction of sp³-hybridized carbons (Fsp3) is 0.391. The first kappa shape index (κ1) is 23.0. The topological polar surface area (TPSA) is 104 Å². The molecule has 0 bridgehead atoms. The first-order chi connectivity index (χ1) is 15.7. The van der Waals surface area contributed by atoms with Crippen LogP contribution in [-0.4, -0.2) is 60.1 Å². The minimum absolute atomic E-state index is 0.0766. The van der Waals surface area contributed by atoms with E-state index in [0.29, 0.717) is 29.5 Å². The van der Waals surface area contributed by atoms with Gasteiger partial charge in [-0.05, 0) is 50.2 Å². The number of benzene rings is 1. The van der Waals surface area contributed by atoms with E-state index in [1.807, 2.05) is 13.8 Å². The van der Waals surface area contributed by atoms with Gasteiger partial charge >= 0.3 is 6.03 Å². The molecule has 0 saturated carbocycles. The first-order valence-corrected chi connectivity index (χ1v) is 11.0. The molecule has 0 radical (unpaired) electrons. The average Bonchev–Trinajstić information content (AvgIpc) is 3.24. The van der Waals surface area contributed by atoms with Gasteiger partial charge in [0.05, 0.1) is 16.5 Å². The molecule has 2 aromatic rings. The van der Waals surface area contributed by atoms with Crippen molar-refractivity contribution >= 4 is 46.6 Å².